The van der Waals surface area contributed by atoms with Crippen LogP contribution >= 0.6 is 0 Å². The van der Waals surface area contributed by atoms with Gasteiger partial charge in [0, 0.05) is 178 Å². The Balaban J connectivity index is 1.07. The van der Waals surface area contributed by atoms with E-state index in [9.17, 15) is 91.3 Å². The molecular weight excluding hydrogens is 1480 g/mol. The van der Waals surface area contributed by atoms with E-state index in [0.29, 0.717) is 0 Å². The third-order valence-corrected chi connectivity index (χ3v) is 17.7. The van der Waals surface area contributed by atoms with Gasteiger partial charge in [-0.05, 0) is 109 Å². The molecule has 12 aromatic rings. The van der Waals surface area contributed by atoms with Gasteiger partial charge in [-0.2, -0.15) is 61.4 Å². The van der Waals surface area contributed by atoms with Gasteiger partial charge in [0.05, 0.1) is 97.8 Å². The van der Waals surface area contributed by atoms with Crippen molar-refractivity contribution in [1.29, 1.82) is 0 Å². The van der Waals surface area contributed by atoms with Crippen LogP contribution in [0.2, 0.25) is 0 Å². The highest BCUT2D eigenvalue weighted by atomic mass is 16.6. The molecule has 564 valence electrons. The molecule has 12 aromatic carbocycles. The number of aromatic hydroxyl groups is 6. The largest absolute Gasteiger partial charge is 0.507 e. The minimum Gasteiger partial charge on any atom is -0.507 e. The van der Waals surface area contributed by atoms with Gasteiger partial charge >= 0.3 is 0 Å². The molecule has 114 heavy (non-hydrogen) atoms. The fourth-order valence-corrected chi connectivity index (χ4v) is 12.3. The van der Waals surface area contributed by atoms with E-state index in [-0.39, 0.29) is 169 Å². The molecule has 0 unspecified atom stereocenters. The molecule has 0 heterocycles. The molecule has 13 rings (SSSR count). The third-order valence-electron chi connectivity index (χ3n) is 17.7. The van der Waals surface area contributed by atoms with Crippen LogP contribution in [0.1, 0.15) is 66.8 Å². The zero-order valence-electron chi connectivity index (χ0n) is 58.7. The number of azo groups is 6. The number of fused-ring (bicyclic) bond motifs is 12. The second-order valence-corrected chi connectivity index (χ2v) is 25.6. The molecular formula is C78H54N18O18. The minimum absolute atomic E-state index is 0.00143. The van der Waals surface area contributed by atoms with Crippen LogP contribution in [0.5, 0.6) is 34.5 Å². The summed E-state index contributed by atoms with van der Waals surface area (Å²) in [5.74, 6) is -2.83. The van der Waals surface area contributed by atoms with Crippen molar-refractivity contribution in [3.8, 4) is 34.5 Å². The van der Waals surface area contributed by atoms with Gasteiger partial charge in [0.2, 0.25) is 0 Å². The summed E-state index contributed by atoms with van der Waals surface area (Å²) in [4.78, 5) is 67.7. The third kappa shape index (κ3) is 18.0. The summed E-state index contributed by atoms with van der Waals surface area (Å²) in [5, 5.41) is 201. The van der Waals surface area contributed by atoms with Crippen LogP contribution in [0.4, 0.5) is 102 Å². The summed E-state index contributed by atoms with van der Waals surface area (Å²) in [7, 11) is 0. The monoisotopic (exact) mass is 1530 g/mol. The van der Waals surface area contributed by atoms with Crippen LogP contribution in [-0.4, -0.2) is 60.2 Å². The number of nitrogens with zero attached hydrogens (tertiary/aromatic N) is 18. The molecule has 0 amide bonds. The smallest absolute Gasteiger partial charge is 0.271 e. The van der Waals surface area contributed by atoms with E-state index in [2.05, 4.69) is 61.4 Å². The number of phenols is 6. The van der Waals surface area contributed by atoms with Gasteiger partial charge in [0.25, 0.3) is 34.1 Å². The van der Waals surface area contributed by atoms with Crippen molar-refractivity contribution in [1.82, 2.24) is 0 Å². The fourth-order valence-electron chi connectivity index (χ4n) is 12.3. The number of nitro benzene ring substituents is 6. The molecule has 0 aromatic heterocycles. The van der Waals surface area contributed by atoms with Crippen molar-refractivity contribution < 1.29 is 60.2 Å². The van der Waals surface area contributed by atoms with Crippen LogP contribution < -0.4 is 0 Å². The summed E-state index contributed by atoms with van der Waals surface area (Å²) in [5.41, 5.74) is -1.86. The summed E-state index contributed by atoms with van der Waals surface area (Å²) >= 11 is 0. The van der Waals surface area contributed by atoms with Gasteiger partial charge in [0.1, 0.15) is 34.5 Å². The van der Waals surface area contributed by atoms with Crippen LogP contribution in [0.25, 0.3) is 0 Å². The standard InChI is InChI=1S/C78H54N18O18/c97-73-43-19-45-27-62(86-80-56-8-2-14-68(38-56)92(105)106)29-47(74(45)98)21-49-31-64(88-82-58-10-4-16-70(40-58)94(109)110)33-51(76(49)100)23-53-35-66(90-84-60-12-6-18-72(42-60)96(113)114)36-54(78(53)102)24-52-34-65(89-83-59-11-5-17-71(41-59)95(111)112)32-50(77(52)101)22-48-30-63(87-81-57-9-3-15-69(39-57)93(107)108)28-46(75(48)99)20-44(73)26-61(25-43)85-79-55-7-1-13-67(37-55)91(103)104/h1-18,25-42,97-102H,19-24H2. The predicted molar refractivity (Wildman–Crippen MR) is 409 cm³/mol. The van der Waals surface area contributed by atoms with E-state index < -0.39 is 103 Å². The van der Waals surface area contributed by atoms with Crippen molar-refractivity contribution in [2.75, 3.05) is 0 Å². The van der Waals surface area contributed by atoms with Crippen molar-refractivity contribution in [2.45, 2.75) is 38.5 Å². The lowest BCUT2D eigenvalue weighted by atomic mass is 9.90. The van der Waals surface area contributed by atoms with Crippen LogP contribution in [0, 0.1) is 60.7 Å². The van der Waals surface area contributed by atoms with Crippen molar-refractivity contribution in [2.24, 2.45) is 61.4 Å². The van der Waals surface area contributed by atoms with Crippen molar-refractivity contribution in [3.05, 3.63) is 346 Å². The van der Waals surface area contributed by atoms with Crippen molar-refractivity contribution in [3.63, 3.8) is 0 Å². The Kier molecular flexibility index (Phi) is 21.8. The van der Waals surface area contributed by atoms with E-state index in [1.807, 2.05) is 0 Å². The Morgan fingerprint density at radius 2 is 0.298 bits per heavy atom. The predicted octanol–water partition coefficient (Wildman–Crippen LogP) is 21.7. The maximum absolute atomic E-state index is 12.8. The van der Waals surface area contributed by atoms with Gasteiger partial charge in [-0.3, -0.25) is 60.7 Å². The Morgan fingerprint density at radius 1 is 0.184 bits per heavy atom. The lowest BCUT2D eigenvalue weighted by molar-refractivity contribution is -0.385. The molecule has 0 saturated heterocycles. The highest BCUT2D eigenvalue weighted by Gasteiger charge is 2.25. The number of hydrogen-bond acceptors (Lipinski definition) is 30. The Morgan fingerprint density at radius 3 is 0.412 bits per heavy atom. The van der Waals surface area contributed by atoms with E-state index >= 15 is 0 Å². The van der Waals surface area contributed by atoms with Crippen LogP contribution in [0.3, 0.4) is 0 Å². The summed E-state index contributed by atoms with van der Waals surface area (Å²) < 4.78 is 0. The topological polar surface area (TPSA) is 529 Å². The average Bonchev–Trinajstić information content (AvgIpc) is 0.788. The average molecular weight is 1530 g/mol. The fraction of sp³-hybridized carbons (Fsp3) is 0.0769. The maximum atomic E-state index is 12.8. The Labute approximate surface area is 640 Å². The SMILES string of the molecule is O=[N+]([O-])c1cccc(N=Nc2cc3c(O)c(c2)Cc2cc(N=Nc4cccc([N+](=O)[O-])c4)cc(c2O)Cc2cc(N=Nc4cccc([N+](=O)[O-])c4)cc(c2O)Cc2cc(N=Nc4cccc([N+](=O)[O-])c4)cc(c2O)Cc2cc(N=Nc4cccc([N+](=O)[O-])c4)cc(c2O)Cc2cc(N=Nc4cccc([N+](=O)[O-])c4)cc(c2O)C3)c1. The summed E-state index contributed by atoms with van der Waals surface area (Å²) in [6, 6.07) is 47.9. The van der Waals surface area contributed by atoms with E-state index in [0.717, 1.165) is 36.4 Å². The molecule has 36 nitrogen and oxygen atoms in total. The zero-order valence-corrected chi connectivity index (χ0v) is 58.7. The molecule has 0 radical (unpaired) electrons. The molecule has 0 saturated carbocycles. The molecule has 0 atom stereocenters. The first-order valence-electron chi connectivity index (χ1n) is 33.9. The summed E-state index contributed by atoms with van der Waals surface area (Å²) in [6.45, 7) is 0. The maximum Gasteiger partial charge on any atom is 0.271 e. The van der Waals surface area contributed by atoms with Gasteiger partial charge in [-0.15, -0.1) is 0 Å². The quantitative estimate of drug-likeness (QED) is 0.0264. The number of nitro groups is 6. The first-order chi connectivity index (χ1) is 54.8. The molecule has 0 aliphatic heterocycles. The minimum atomic E-state index is -0.636. The number of phenolic OH excluding ortho intramolecular Hbond substituents is 6. The first kappa shape index (κ1) is 75.7. The second kappa shape index (κ2) is 32.9. The van der Waals surface area contributed by atoms with E-state index in [1.54, 1.807) is 0 Å². The number of non-ortho nitro benzene ring substituents is 6. The highest BCUT2D eigenvalue weighted by Crippen LogP contribution is 2.46. The molecule has 36 heteroatoms. The Hall–Kier alpha value is -16.6. The number of benzene rings is 12. The molecule has 0 fully saturated rings. The van der Waals surface area contributed by atoms with Crippen LogP contribution in [0.15, 0.2) is 280 Å². The van der Waals surface area contributed by atoms with E-state index in [1.165, 1.54) is 182 Å². The normalized spacial score (nSPS) is 12.4. The second-order valence-electron chi connectivity index (χ2n) is 25.6. The number of rotatable bonds is 18. The molecule has 6 N–H and O–H groups in total. The Bertz CT molecular complexity index is 5080. The molecule has 1 aliphatic rings. The van der Waals surface area contributed by atoms with Gasteiger partial charge < -0.3 is 30.6 Å². The van der Waals surface area contributed by atoms with E-state index in [4.69, 9.17) is 0 Å². The van der Waals surface area contributed by atoms with Crippen LogP contribution in [-0.2, 0) is 38.5 Å². The molecule has 0 spiro atoms. The van der Waals surface area contributed by atoms with Crippen molar-refractivity contribution >= 4 is 102 Å². The lowest BCUT2D eigenvalue weighted by Gasteiger charge is -2.18. The summed E-state index contributed by atoms with van der Waals surface area (Å²) in [6.07, 6.45) is -2.62. The number of hydrogen-bond donors (Lipinski definition) is 6. The van der Waals surface area contributed by atoms with Gasteiger partial charge in [0.15, 0.2) is 0 Å². The first-order valence-corrected chi connectivity index (χ1v) is 33.9. The molecule has 12 bridgehead atoms. The zero-order chi connectivity index (χ0) is 80.4. The molecule has 1 aliphatic carbocycles. The lowest BCUT2D eigenvalue weighted by Crippen LogP contribution is -2.01. The van der Waals surface area contributed by atoms with Gasteiger partial charge in [-0.1, -0.05) is 36.4 Å². The highest BCUT2D eigenvalue weighted by molar-refractivity contribution is 5.67. The van der Waals surface area contributed by atoms with Gasteiger partial charge in [-0.25, -0.2) is 0 Å².